The third-order valence-electron chi connectivity index (χ3n) is 2.56. The summed E-state index contributed by atoms with van der Waals surface area (Å²) in [5.41, 5.74) is 0. The number of carbonyl (C=O) groups is 1. The van der Waals surface area contributed by atoms with Gasteiger partial charge in [0.25, 0.3) is 0 Å². The molecule has 2 saturated heterocycles. The van der Waals surface area contributed by atoms with Gasteiger partial charge in [0.15, 0.2) is 0 Å². The van der Waals surface area contributed by atoms with E-state index in [9.17, 15) is 4.79 Å². The molecule has 0 aromatic rings. The van der Waals surface area contributed by atoms with E-state index in [2.05, 4.69) is 5.32 Å². The number of rotatable bonds is 1. The lowest BCUT2D eigenvalue weighted by molar-refractivity contribution is -0.139. The second-order valence-electron chi connectivity index (χ2n) is 3.51. The molecule has 2 fully saturated rings. The van der Waals surface area contributed by atoms with E-state index >= 15 is 0 Å². The molecule has 2 rings (SSSR count). The molecule has 0 aromatic heterocycles. The molecule has 0 saturated carbocycles. The second kappa shape index (κ2) is 4.07. The van der Waals surface area contributed by atoms with Crippen molar-refractivity contribution in [2.45, 2.75) is 25.4 Å². The van der Waals surface area contributed by atoms with Gasteiger partial charge in [0.05, 0.1) is 13.2 Å². The maximum absolute atomic E-state index is 11.5. The zero-order chi connectivity index (χ0) is 9.10. The Balaban J connectivity index is 1.92. The van der Waals surface area contributed by atoms with Crippen LogP contribution < -0.4 is 5.32 Å². The van der Waals surface area contributed by atoms with Crippen LogP contribution in [0.25, 0.3) is 0 Å². The summed E-state index contributed by atoms with van der Waals surface area (Å²) < 4.78 is 5.30. The monoisotopic (exact) mass is 183 g/mol. The van der Waals surface area contributed by atoms with Crippen molar-refractivity contribution in [3.63, 3.8) is 0 Å². The Morgan fingerprint density at radius 1 is 1.46 bits per heavy atom. The standard InChI is InChI=1S/C9H15N2O2/c12-9-3-1-2-5-11(9)8-7-13-6-4-10-8/h8H,1-7H2. The fourth-order valence-electron chi connectivity index (χ4n) is 1.84. The summed E-state index contributed by atoms with van der Waals surface area (Å²) >= 11 is 0. The number of piperidine rings is 1. The van der Waals surface area contributed by atoms with E-state index in [0.717, 1.165) is 25.9 Å². The highest BCUT2D eigenvalue weighted by Gasteiger charge is 2.27. The number of morpholine rings is 1. The SMILES string of the molecule is O=C1CCCCN1C1COCC[N]1. The van der Waals surface area contributed by atoms with Gasteiger partial charge in [0.1, 0.15) is 6.17 Å². The Hall–Kier alpha value is -0.610. The first-order valence-electron chi connectivity index (χ1n) is 4.92. The van der Waals surface area contributed by atoms with Crippen LogP contribution in [0.15, 0.2) is 0 Å². The van der Waals surface area contributed by atoms with Gasteiger partial charge in [0, 0.05) is 19.5 Å². The Morgan fingerprint density at radius 3 is 3.08 bits per heavy atom. The zero-order valence-electron chi connectivity index (χ0n) is 7.74. The molecule has 2 heterocycles. The van der Waals surface area contributed by atoms with E-state index in [4.69, 9.17) is 4.74 Å². The lowest BCUT2D eigenvalue weighted by atomic mass is 10.1. The smallest absolute Gasteiger partial charge is 0.223 e. The molecule has 0 aromatic carbocycles. The molecule has 1 atom stereocenters. The van der Waals surface area contributed by atoms with Crippen molar-refractivity contribution in [2.24, 2.45) is 0 Å². The molecule has 0 aliphatic carbocycles. The Morgan fingerprint density at radius 2 is 2.38 bits per heavy atom. The van der Waals surface area contributed by atoms with Crippen LogP contribution in [-0.4, -0.2) is 43.3 Å². The van der Waals surface area contributed by atoms with Gasteiger partial charge in [-0.3, -0.25) is 4.79 Å². The number of amides is 1. The quantitative estimate of drug-likeness (QED) is 0.572. The summed E-state index contributed by atoms with van der Waals surface area (Å²) in [6, 6.07) is 0. The van der Waals surface area contributed by atoms with Crippen molar-refractivity contribution < 1.29 is 9.53 Å². The molecule has 13 heavy (non-hydrogen) atoms. The van der Waals surface area contributed by atoms with Crippen molar-refractivity contribution in [3.8, 4) is 0 Å². The van der Waals surface area contributed by atoms with Crippen LogP contribution in [0.3, 0.4) is 0 Å². The predicted molar refractivity (Wildman–Crippen MR) is 47.2 cm³/mol. The summed E-state index contributed by atoms with van der Waals surface area (Å²) in [4.78, 5) is 13.4. The van der Waals surface area contributed by atoms with Gasteiger partial charge in [-0.15, -0.1) is 0 Å². The topological polar surface area (TPSA) is 43.6 Å². The fourth-order valence-corrected chi connectivity index (χ4v) is 1.84. The maximum atomic E-state index is 11.5. The second-order valence-corrected chi connectivity index (χ2v) is 3.51. The van der Waals surface area contributed by atoms with Crippen LogP contribution in [0.2, 0.25) is 0 Å². The van der Waals surface area contributed by atoms with E-state index in [1.54, 1.807) is 0 Å². The van der Waals surface area contributed by atoms with Gasteiger partial charge in [-0.1, -0.05) is 0 Å². The number of hydrogen-bond donors (Lipinski definition) is 0. The molecule has 1 unspecified atom stereocenters. The first kappa shape index (κ1) is 8.97. The Labute approximate surface area is 78.2 Å². The average molecular weight is 183 g/mol. The summed E-state index contributed by atoms with van der Waals surface area (Å²) in [6.45, 7) is 2.88. The van der Waals surface area contributed by atoms with Gasteiger partial charge >= 0.3 is 0 Å². The Bertz CT molecular complexity index is 190. The van der Waals surface area contributed by atoms with Crippen LogP contribution >= 0.6 is 0 Å². The van der Waals surface area contributed by atoms with Crippen LogP contribution in [0, 0.1) is 0 Å². The van der Waals surface area contributed by atoms with Crippen LogP contribution in [-0.2, 0) is 9.53 Å². The molecule has 0 spiro atoms. The van der Waals surface area contributed by atoms with E-state index < -0.39 is 0 Å². The van der Waals surface area contributed by atoms with Gasteiger partial charge in [-0.25, -0.2) is 5.32 Å². The minimum Gasteiger partial charge on any atom is -0.376 e. The molecular formula is C9H15N2O2. The van der Waals surface area contributed by atoms with E-state index in [1.807, 2.05) is 4.90 Å². The third-order valence-corrected chi connectivity index (χ3v) is 2.56. The zero-order valence-corrected chi connectivity index (χ0v) is 7.74. The lowest BCUT2D eigenvalue weighted by Gasteiger charge is -2.35. The Kier molecular flexibility index (Phi) is 2.80. The first-order chi connectivity index (χ1) is 6.38. The molecule has 2 aliphatic heterocycles. The summed E-state index contributed by atoms with van der Waals surface area (Å²) in [7, 11) is 0. The molecule has 0 bridgehead atoms. The highest BCUT2D eigenvalue weighted by Crippen LogP contribution is 2.14. The fraction of sp³-hybridized carbons (Fsp3) is 0.889. The molecular weight excluding hydrogens is 168 g/mol. The number of ether oxygens (including phenoxy) is 1. The van der Waals surface area contributed by atoms with E-state index in [-0.39, 0.29) is 12.1 Å². The normalized spacial score (nSPS) is 30.6. The predicted octanol–water partition coefficient (Wildman–Crippen LogP) is -0.0404. The van der Waals surface area contributed by atoms with Crippen molar-refractivity contribution in [2.75, 3.05) is 26.3 Å². The largest absolute Gasteiger partial charge is 0.376 e. The van der Waals surface area contributed by atoms with Gasteiger partial charge in [-0.05, 0) is 12.8 Å². The van der Waals surface area contributed by atoms with Crippen LogP contribution in [0.1, 0.15) is 19.3 Å². The number of carbonyl (C=O) groups excluding carboxylic acids is 1. The molecule has 0 N–H and O–H groups in total. The number of nitrogens with zero attached hydrogens (tertiary/aromatic N) is 2. The molecule has 73 valence electrons. The minimum absolute atomic E-state index is 0.00144. The average Bonchev–Trinajstić information content (AvgIpc) is 2.20. The van der Waals surface area contributed by atoms with Gasteiger partial charge < -0.3 is 9.64 Å². The van der Waals surface area contributed by atoms with Crippen LogP contribution in [0.5, 0.6) is 0 Å². The number of hydrogen-bond acceptors (Lipinski definition) is 2. The molecule has 4 nitrogen and oxygen atoms in total. The molecule has 4 heteroatoms. The highest BCUT2D eigenvalue weighted by atomic mass is 16.5. The summed E-state index contributed by atoms with van der Waals surface area (Å²) in [5.74, 6) is 0.241. The highest BCUT2D eigenvalue weighted by molar-refractivity contribution is 5.77. The lowest BCUT2D eigenvalue weighted by Crippen LogP contribution is -2.53. The number of likely N-dealkylation sites (tertiary alicyclic amines) is 1. The maximum Gasteiger partial charge on any atom is 0.223 e. The van der Waals surface area contributed by atoms with Gasteiger partial charge in [-0.2, -0.15) is 0 Å². The van der Waals surface area contributed by atoms with Gasteiger partial charge in [0.2, 0.25) is 5.91 Å². The van der Waals surface area contributed by atoms with Crippen molar-refractivity contribution in [3.05, 3.63) is 0 Å². The summed E-state index contributed by atoms with van der Waals surface area (Å²) in [6.07, 6.45) is 2.83. The molecule has 2 aliphatic rings. The first-order valence-corrected chi connectivity index (χ1v) is 4.92. The minimum atomic E-state index is 0.00144. The molecule has 1 radical (unpaired) electrons. The molecule has 1 amide bonds. The third kappa shape index (κ3) is 2.00. The summed E-state index contributed by atoms with van der Waals surface area (Å²) in [5, 5.41) is 4.38. The van der Waals surface area contributed by atoms with Crippen molar-refractivity contribution >= 4 is 5.91 Å². The van der Waals surface area contributed by atoms with Crippen LogP contribution in [0.4, 0.5) is 0 Å². The van der Waals surface area contributed by atoms with Crippen molar-refractivity contribution in [1.82, 2.24) is 10.2 Å². The van der Waals surface area contributed by atoms with E-state index in [0.29, 0.717) is 19.6 Å². The van der Waals surface area contributed by atoms with E-state index in [1.165, 1.54) is 0 Å². The van der Waals surface area contributed by atoms with Crippen molar-refractivity contribution in [1.29, 1.82) is 0 Å².